The summed E-state index contributed by atoms with van der Waals surface area (Å²) in [7, 11) is 1.65. The first-order valence-corrected chi connectivity index (χ1v) is 17.7. The summed E-state index contributed by atoms with van der Waals surface area (Å²) in [4.78, 5) is 30.6. The maximum absolute atomic E-state index is 14.0. The van der Waals surface area contributed by atoms with E-state index in [0.29, 0.717) is 30.8 Å². The minimum absolute atomic E-state index is 0.142. The van der Waals surface area contributed by atoms with Gasteiger partial charge in [0.15, 0.2) is 11.5 Å². The fraction of sp³-hybridized carbons (Fsp3) is 0.463. The van der Waals surface area contributed by atoms with Gasteiger partial charge in [-0.25, -0.2) is 0 Å². The summed E-state index contributed by atoms with van der Waals surface area (Å²) in [5.41, 5.74) is 2.59. The monoisotopic (exact) mass is 700 g/mol. The van der Waals surface area contributed by atoms with Crippen LogP contribution >= 0.6 is 0 Å². The zero-order chi connectivity index (χ0) is 36.1. The Morgan fingerprint density at radius 1 is 1.06 bits per heavy atom. The van der Waals surface area contributed by atoms with Gasteiger partial charge in [-0.05, 0) is 85.5 Å². The van der Waals surface area contributed by atoms with Crippen molar-refractivity contribution in [2.75, 3.05) is 26.7 Å². The molecule has 2 bridgehead atoms. The molecule has 1 saturated heterocycles. The topological polar surface area (TPSA) is 68.3 Å². The lowest BCUT2D eigenvalue weighted by molar-refractivity contribution is -0.151. The largest absolute Gasteiger partial charge is 0.493 e. The first-order valence-electron chi connectivity index (χ1n) is 17.7. The second-order valence-corrected chi connectivity index (χ2v) is 14.7. The molecule has 6 atom stereocenters. The molecule has 51 heavy (non-hydrogen) atoms. The number of carbonyl (C=O) groups excluding carboxylic acids is 2. The lowest BCUT2D eigenvalue weighted by Crippen LogP contribution is -2.69. The van der Waals surface area contributed by atoms with E-state index in [1.165, 1.54) is 30.2 Å². The summed E-state index contributed by atoms with van der Waals surface area (Å²) >= 11 is 0. The van der Waals surface area contributed by atoms with Crippen molar-refractivity contribution >= 4 is 11.9 Å². The van der Waals surface area contributed by atoms with Gasteiger partial charge in [0.1, 0.15) is 12.2 Å². The van der Waals surface area contributed by atoms with Gasteiger partial charge in [-0.1, -0.05) is 56.2 Å². The van der Waals surface area contributed by atoms with Gasteiger partial charge in [-0.2, -0.15) is 13.2 Å². The number of methoxy groups -OCH3 is 1. The molecule has 268 valence electrons. The molecule has 7 nitrogen and oxygen atoms in total. The summed E-state index contributed by atoms with van der Waals surface area (Å²) < 4.78 is 58.1. The van der Waals surface area contributed by atoms with E-state index in [2.05, 4.69) is 36.7 Å². The molecule has 1 spiro atoms. The number of esters is 1. The third-order valence-corrected chi connectivity index (χ3v) is 11.2. The van der Waals surface area contributed by atoms with Crippen LogP contribution in [0.1, 0.15) is 74.0 Å². The van der Waals surface area contributed by atoms with Crippen molar-refractivity contribution in [3.05, 3.63) is 94.5 Å². The van der Waals surface area contributed by atoms with Gasteiger partial charge in [0.2, 0.25) is 0 Å². The summed E-state index contributed by atoms with van der Waals surface area (Å²) in [6, 6.07) is 18.4. The van der Waals surface area contributed by atoms with Gasteiger partial charge in [0, 0.05) is 48.5 Å². The second kappa shape index (κ2) is 13.6. The number of halogens is 3. The third kappa shape index (κ3) is 6.35. The molecule has 0 N–H and O–H groups in total. The highest BCUT2D eigenvalue weighted by molar-refractivity contribution is 5.94. The molecule has 7 rings (SSSR count). The van der Waals surface area contributed by atoms with Crippen LogP contribution < -0.4 is 9.47 Å². The molecule has 0 aromatic heterocycles. The van der Waals surface area contributed by atoms with Gasteiger partial charge < -0.3 is 19.1 Å². The predicted molar refractivity (Wildman–Crippen MR) is 185 cm³/mol. The normalized spacial score (nSPS) is 25.2. The number of benzene rings is 3. The summed E-state index contributed by atoms with van der Waals surface area (Å²) in [5.74, 6) is 6.71. The zero-order valence-electron chi connectivity index (χ0n) is 29.3. The SMILES string of the molecule is COc1ccc2c3c1O[C@H]1[C@H](N(CC(C)C)C(=O)C#Cc4ccc(C(F)(F)F)cc4)CC[C@H]4[C@@H](C2)N(CC(OC(C)=O)c2ccccc2)CC[C@@]341. The molecule has 1 saturated carbocycles. The van der Waals surface area contributed by atoms with Crippen molar-refractivity contribution in [3.63, 3.8) is 0 Å². The van der Waals surface area contributed by atoms with Crippen molar-refractivity contribution < 1.29 is 37.0 Å². The number of likely N-dealkylation sites (tertiary alicyclic amines) is 1. The van der Waals surface area contributed by atoms with Gasteiger partial charge in [0.05, 0.1) is 18.7 Å². The first kappa shape index (κ1) is 34.9. The van der Waals surface area contributed by atoms with Gasteiger partial charge >= 0.3 is 12.1 Å². The van der Waals surface area contributed by atoms with Crippen molar-refractivity contribution in [2.45, 2.75) is 82.3 Å². The van der Waals surface area contributed by atoms with E-state index in [0.717, 1.165) is 49.3 Å². The zero-order valence-corrected chi connectivity index (χ0v) is 29.3. The smallest absolute Gasteiger partial charge is 0.416 e. The van der Waals surface area contributed by atoms with Gasteiger partial charge in [-0.15, -0.1) is 0 Å². The number of hydrogen-bond acceptors (Lipinski definition) is 6. The fourth-order valence-corrected chi connectivity index (χ4v) is 9.29. The average molecular weight is 701 g/mol. The Hall–Kier alpha value is -4.49. The number of piperidine rings is 1. The standard InChI is InChI=1S/C41H43F3N2O5/c1-25(2)23-46(36(48)19-12-27-10-14-30(15-11-27)41(42,43)44)32-17-16-31-33-22-29-13-18-34(49-4)38-37(29)40(31,39(32)51-38)20-21-45(33)24-35(50-26(3)47)28-8-6-5-7-9-28/h5-11,13-15,18,25,31-33,35,39H,16-17,20-24H2,1-4H3/t31-,32+,33+,35?,39-,40-/m0/s1. The Morgan fingerprint density at radius 3 is 2.47 bits per heavy atom. The molecule has 1 unspecified atom stereocenters. The first-order chi connectivity index (χ1) is 24.4. The molecule has 3 aromatic rings. The quantitative estimate of drug-likeness (QED) is 0.187. The summed E-state index contributed by atoms with van der Waals surface area (Å²) in [6.45, 7) is 7.36. The van der Waals surface area contributed by atoms with E-state index in [9.17, 15) is 22.8 Å². The molecule has 2 aliphatic heterocycles. The number of carbonyl (C=O) groups is 2. The van der Waals surface area contributed by atoms with E-state index >= 15 is 0 Å². The number of hydrogen-bond donors (Lipinski definition) is 0. The highest BCUT2D eigenvalue weighted by Crippen LogP contribution is 2.64. The minimum atomic E-state index is -4.45. The lowest BCUT2D eigenvalue weighted by Gasteiger charge is -2.60. The Bertz CT molecular complexity index is 1850. The van der Waals surface area contributed by atoms with E-state index in [-0.39, 0.29) is 47.3 Å². The molecular formula is C41H43F3N2O5. The van der Waals surface area contributed by atoms with Crippen LogP contribution in [0, 0.1) is 23.7 Å². The molecule has 1 amide bonds. The van der Waals surface area contributed by atoms with E-state index in [4.69, 9.17) is 14.2 Å². The Kier molecular flexibility index (Phi) is 9.30. The van der Waals surface area contributed by atoms with E-state index < -0.39 is 17.8 Å². The predicted octanol–water partition coefficient (Wildman–Crippen LogP) is 6.96. The highest BCUT2D eigenvalue weighted by atomic mass is 19.4. The molecule has 3 aromatic carbocycles. The van der Waals surface area contributed by atoms with Crippen LogP contribution in [-0.4, -0.2) is 66.6 Å². The van der Waals surface area contributed by atoms with E-state index in [1.54, 1.807) is 7.11 Å². The second-order valence-electron chi connectivity index (χ2n) is 14.7. The lowest BCUT2D eigenvalue weighted by atomic mass is 9.51. The minimum Gasteiger partial charge on any atom is -0.493 e. The molecular weight excluding hydrogens is 657 g/mol. The van der Waals surface area contributed by atoms with Crippen LogP contribution in [-0.2, 0) is 32.3 Å². The van der Waals surface area contributed by atoms with Gasteiger partial charge in [-0.3, -0.25) is 14.5 Å². The van der Waals surface area contributed by atoms with Crippen LogP contribution in [0.25, 0.3) is 0 Å². The molecule has 4 aliphatic rings. The van der Waals surface area contributed by atoms with Crippen molar-refractivity contribution in [2.24, 2.45) is 11.8 Å². The molecule has 10 heteroatoms. The average Bonchev–Trinajstić information content (AvgIpc) is 3.45. The Labute approximate surface area is 297 Å². The third-order valence-electron chi connectivity index (χ3n) is 11.2. The van der Waals surface area contributed by atoms with Gasteiger partial charge in [0.25, 0.3) is 5.91 Å². The molecule has 0 radical (unpaired) electrons. The van der Waals surface area contributed by atoms with Crippen molar-refractivity contribution in [3.8, 4) is 23.3 Å². The number of nitrogens with zero attached hydrogens (tertiary/aromatic N) is 2. The summed E-state index contributed by atoms with van der Waals surface area (Å²) in [6.07, 6.45) is -1.99. The number of alkyl halides is 3. The Morgan fingerprint density at radius 2 is 1.80 bits per heavy atom. The molecule has 2 heterocycles. The van der Waals surface area contributed by atoms with Crippen molar-refractivity contribution in [1.29, 1.82) is 0 Å². The number of amides is 1. The van der Waals surface area contributed by atoms with Crippen LogP contribution in [0.2, 0.25) is 0 Å². The fourth-order valence-electron chi connectivity index (χ4n) is 9.29. The summed E-state index contributed by atoms with van der Waals surface area (Å²) in [5, 5.41) is 0. The highest BCUT2D eigenvalue weighted by Gasteiger charge is 2.66. The van der Waals surface area contributed by atoms with Crippen LogP contribution in [0.4, 0.5) is 13.2 Å². The Balaban J connectivity index is 1.22. The maximum atomic E-state index is 14.0. The van der Waals surface area contributed by atoms with Crippen LogP contribution in [0.5, 0.6) is 11.5 Å². The van der Waals surface area contributed by atoms with E-state index in [1.807, 2.05) is 41.3 Å². The van der Waals surface area contributed by atoms with Crippen molar-refractivity contribution in [1.82, 2.24) is 9.80 Å². The molecule has 2 aliphatic carbocycles. The van der Waals surface area contributed by atoms with Crippen LogP contribution in [0.3, 0.4) is 0 Å². The maximum Gasteiger partial charge on any atom is 0.416 e. The van der Waals surface area contributed by atoms with Crippen LogP contribution in [0.15, 0.2) is 66.7 Å². The molecule has 2 fully saturated rings. The number of rotatable bonds is 8. The number of ether oxygens (including phenoxy) is 3.